The molecule has 0 aliphatic carbocycles. The highest BCUT2D eigenvalue weighted by atomic mass is 32.2. The van der Waals surface area contributed by atoms with Crippen molar-refractivity contribution < 1.29 is 26.8 Å². The van der Waals surface area contributed by atoms with Gasteiger partial charge >= 0.3 is 5.97 Å². The van der Waals surface area contributed by atoms with E-state index in [0.29, 0.717) is 11.5 Å². The Morgan fingerprint density at radius 1 is 1.14 bits per heavy atom. The van der Waals surface area contributed by atoms with Gasteiger partial charge in [-0.25, -0.2) is 12.8 Å². The average molecular weight is 419 g/mol. The van der Waals surface area contributed by atoms with Crippen molar-refractivity contribution in [2.45, 2.75) is 30.9 Å². The normalized spacial score (nSPS) is 12.5. The lowest BCUT2D eigenvalue weighted by molar-refractivity contribution is -0.147. The first-order valence-corrected chi connectivity index (χ1v) is 10.1. The Balaban J connectivity index is 1.80. The van der Waals surface area contributed by atoms with E-state index in [9.17, 15) is 17.6 Å². The third-order valence-corrected chi connectivity index (χ3v) is 5.40. The van der Waals surface area contributed by atoms with Crippen LogP contribution in [0.25, 0.3) is 0 Å². The molecule has 0 bridgehead atoms. The van der Waals surface area contributed by atoms with E-state index in [0.717, 1.165) is 12.1 Å². The molecule has 0 unspecified atom stereocenters. The van der Waals surface area contributed by atoms with Gasteiger partial charge in [-0.1, -0.05) is 42.5 Å². The summed E-state index contributed by atoms with van der Waals surface area (Å²) < 4.78 is 51.7. The number of sulfonamides is 1. The van der Waals surface area contributed by atoms with Gasteiger partial charge in [0.15, 0.2) is 6.61 Å². The average Bonchev–Trinajstić information content (AvgIpc) is 3.11. The number of ether oxygens (including phenoxy) is 1. The van der Waals surface area contributed by atoms with Gasteiger partial charge < -0.3 is 9.15 Å². The highest BCUT2D eigenvalue weighted by Gasteiger charge is 2.29. The summed E-state index contributed by atoms with van der Waals surface area (Å²) in [6, 6.07) is 12.4. The van der Waals surface area contributed by atoms with E-state index < -0.39 is 32.7 Å². The molecule has 8 nitrogen and oxygen atoms in total. The molecule has 0 saturated carbocycles. The number of aryl methyl sites for hydroxylation is 1. The van der Waals surface area contributed by atoms with Crippen LogP contribution in [0, 0.1) is 12.7 Å². The van der Waals surface area contributed by atoms with Gasteiger partial charge in [-0.3, -0.25) is 4.79 Å². The Morgan fingerprint density at radius 3 is 2.48 bits per heavy atom. The minimum Gasteiger partial charge on any atom is -0.454 e. The maximum atomic E-state index is 14.0. The van der Waals surface area contributed by atoms with Gasteiger partial charge in [0, 0.05) is 6.92 Å². The third-order valence-electron chi connectivity index (χ3n) is 3.90. The van der Waals surface area contributed by atoms with Crippen LogP contribution in [-0.4, -0.2) is 30.6 Å². The minimum absolute atomic E-state index is 0.0101. The number of halogens is 1. The summed E-state index contributed by atoms with van der Waals surface area (Å²) in [4.78, 5) is 12.0. The van der Waals surface area contributed by atoms with Crippen LogP contribution in [0.15, 0.2) is 63.9 Å². The second-order valence-electron chi connectivity index (χ2n) is 6.12. The molecule has 10 heteroatoms. The number of benzene rings is 2. The first kappa shape index (κ1) is 20.6. The van der Waals surface area contributed by atoms with E-state index in [1.165, 1.54) is 12.1 Å². The minimum atomic E-state index is -4.31. The molecule has 29 heavy (non-hydrogen) atoms. The smallest absolute Gasteiger partial charge is 0.325 e. The Bertz CT molecular complexity index is 1090. The van der Waals surface area contributed by atoms with Crippen LogP contribution >= 0.6 is 0 Å². The van der Waals surface area contributed by atoms with E-state index in [1.54, 1.807) is 37.3 Å². The van der Waals surface area contributed by atoms with Crippen LogP contribution in [0.1, 0.15) is 17.3 Å². The van der Waals surface area contributed by atoms with Gasteiger partial charge in [-0.05, 0) is 24.1 Å². The molecule has 0 radical (unpaired) electrons. The number of hydrogen-bond acceptors (Lipinski definition) is 7. The first-order chi connectivity index (χ1) is 13.8. The summed E-state index contributed by atoms with van der Waals surface area (Å²) >= 11 is 0. The molecule has 0 saturated heterocycles. The topological polar surface area (TPSA) is 111 Å². The van der Waals surface area contributed by atoms with Gasteiger partial charge in [-0.2, -0.15) is 4.72 Å². The lowest BCUT2D eigenvalue weighted by Gasteiger charge is -2.18. The van der Waals surface area contributed by atoms with Crippen LogP contribution in [0.5, 0.6) is 0 Å². The molecule has 0 aliphatic rings. The van der Waals surface area contributed by atoms with Crippen LogP contribution < -0.4 is 4.72 Å². The molecule has 0 spiro atoms. The summed E-state index contributed by atoms with van der Waals surface area (Å²) in [6.45, 7) is 1.27. The summed E-state index contributed by atoms with van der Waals surface area (Å²) in [7, 11) is -4.31. The molecule has 152 valence electrons. The quantitative estimate of drug-likeness (QED) is 0.557. The fourth-order valence-electron chi connectivity index (χ4n) is 2.57. The molecule has 0 fully saturated rings. The number of esters is 1. The highest BCUT2D eigenvalue weighted by molar-refractivity contribution is 7.89. The molecule has 1 aromatic heterocycles. The Morgan fingerprint density at radius 2 is 1.83 bits per heavy atom. The van der Waals surface area contributed by atoms with Gasteiger partial charge in [0.2, 0.25) is 15.9 Å². The zero-order chi connectivity index (χ0) is 20.9. The van der Waals surface area contributed by atoms with Gasteiger partial charge in [0.05, 0.1) is 0 Å². The predicted molar refractivity (Wildman–Crippen MR) is 99.5 cm³/mol. The van der Waals surface area contributed by atoms with E-state index in [4.69, 9.17) is 9.15 Å². The molecule has 0 aliphatic heterocycles. The Kier molecular flexibility index (Phi) is 6.35. The molecule has 2 aromatic carbocycles. The number of nitrogens with zero attached hydrogens (tertiary/aromatic N) is 2. The predicted octanol–water partition coefficient (Wildman–Crippen LogP) is 2.15. The molecular weight excluding hydrogens is 401 g/mol. The summed E-state index contributed by atoms with van der Waals surface area (Å²) in [6.07, 6.45) is 0.0101. The van der Waals surface area contributed by atoms with Gasteiger partial charge in [0.25, 0.3) is 5.89 Å². The second kappa shape index (κ2) is 8.93. The number of nitrogens with one attached hydrogen (secondary N) is 1. The van der Waals surface area contributed by atoms with Crippen molar-refractivity contribution in [2.24, 2.45) is 0 Å². The molecular formula is C19H18FN3O5S. The lowest BCUT2D eigenvalue weighted by Crippen LogP contribution is -2.43. The van der Waals surface area contributed by atoms with Gasteiger partial charge in [0.1, 0.15) is 16.8 Å². The molecule has 1 heterocycles. The fourth-order valence-corrected chi connectivity index (χ4v) is 3.83. The van der Waals surface area contributed by atoms with Crippen molar-refractivity contribution in [3.05, 3.63) is 77.8 Å². The fraction of sp³-hybridized carbons (Fsp3) is 0.211. The first-order valence-electron chi connectivity index (χ1n) is 8.61. The van der Waals surface area contributed by atoms with E-state index in [2.05, 4.69) is 14.9 Å². The lowest BCUT2D eigenvalue weighted by atomic mass is 10.1. The molecule has 3 aromatic rings. The van der Waals surface area contributed by atoms with Crippen molar-refractivity contribution >= 4 is 16.0 Å². The zero-order valence-electron chi connectivity index (χ0n) is 15.4. The number of rotatable bonds is 8. The molecule has 0 amide bonds. The second-order valence-corrected chi connectivity index (χ2v) is 7.80. The summed E-state index contributed by atoms with van der Waals surface area (Å²) in [5.74, 6) is -1.40. The third kappa shape index (κ3) is 5.46. The number of hydrogen-bond donors (Lipinski definition) is 1. The van der Waals surface area contributed by atoms with Crippen LogP contribution in [0.4, 0.5) is 4.39 Å². The number of carbonyl (C=O) groups excluding carboxylic acids is 1. The summed E-state index contributed by atoms with van der Waals surface area (Å²) in [5.41, 5.74) is 0.694. The van der Waals surface area contributed by atoms with Crippen molar-refractivity contribution in [1.82, 2.24) is 14.9 Å². The zero-order valence-corrected chi connectivity index (χ0v) is 16.2. The van der Waals surface area contributed by atoms with Crippen LogP contribution in [0.2, 0.25) is 0 Å². The highest BCUT2D eigenvalue weighted by Crippen LogP contribution is 2.15. The number of aromatic nitrogens is 2. The van der Waals surface area contributed by atoms with Crippen molar-refractivity contribution in [2.75, 3.05) is 0 Å². The van der Waals surface area contributed by atoms with E-state index in [-0.39, 0.29) is 18.9 Å². The molecule has 1 N–H and O–H groups in total. The Hall–Kier alpha value is -3.11. The van der Waals surface area contributed by atoms with Crippen LogP contribution in [0.3, 0.4) is 0 Å². The van der Waals surface area contributed by atoms with Crippen molar-refractivity contribution in [3.63, 3.8) is 0 Å². The molecule has 3 rings (SSSR count). The Labute approximate surface area is 166 Å². The van der Waals surface area contributed by atoms with E-state index in [1.807, 2.05) is 0 Å². The van der Waals surface area contributed by atoms with Crippen molar-refractivity contribution in [3.8, 4) is 0 Å². The molecule has 1 atom stereocenters. The standard InChI is InChI=1S/C19H18FN3O5S/c1-13-21-22-18(28-13)12-27-19(24)16(11-14-7-3-2-4-8-14)23-29(25,26)17-10-6-5-9-15(17)20/h2-10,16,23H,11-12H2,1H3/t16-/m0/s1. The van der Waals surface area contributed by atoms with Gasteiger partial charge in [-0.15, -0.1) is 10.2 Å². The maximum absolute atomic E-state index is 14.0. The number of carbonyl (C=O) groups is 1. The van der Waals surface area contributed by atoms with E-state index >= 15 is 0 Å². The monoisotopic (exact) mass is 419 g/mol. The van der Waals surface area contributed by atoms with Crippen LogP contribution in [-0.2, 0) is 32.6 Å². The SMILES string of the molecule is Cc1nnc(COC(=O)[C@H](Cc2ccccc2)NS(=O)(=O)c2ccccc2F)o1. The summed E-state index contributed by atoms with van der Waals surface area (Å²) in [5, 5.41) is 7.34. The van der Waals surface area contributed by atoms with Crippen molar-refractivity contribution in [1.29, 1.82) is 0 Å². The largest absolute Gasteiger partial charge is 0.454 e. The maximum Gasteiger partial charge on any atom is 0.325 e.